The Morgan fingerprint density at radius 2 is 0.707 bits per heavy atom. The molecule has 8 bridgehead atoms. The summed E-state index contributed by atoms with van der Waals surface area (Å²) in [6.45, 7) is 0. The second-order valence-corrected chi connectivity index (χ2v) is 27.5. The lowest BCUT2D eigenvalue weighted by molar-refractivity contribution is -0.385. The van der Waals surface area contributed by atoms with Crippen molar-refractivity contribution in [3.05, 3.63) is 175 Å². The third kappa shape index (κ3) is 11.5. The number of nitro groups is 3. The molecule has 2 N–H and O–H groups in total. The second-order valence-electron chi connectivity index (χ2n) is 19.3. The van der Waals surface area contributed by atoms with E-state index in [1.165, 1.54) is 78.7 Å². The van der Waals surface area contributed by atoms with E-state index in [1.54, 1.807) is 72.8 Å². The van der Waals surface area contributed by atoms with Crippen molar-refractivity contribution >= 4 is 140 Å². The van der Waals surface area contributed by atoms with Crippen LogP contribution in [0.25, 0.3) is 90.9 Å². The van der Waals surface area contributed by atoms with E-state index in [4.69, 9.17) is 56.4 Å². The van der Waals surface area contributed by atoms with E-state index in [2.05, 4.69) is 9.97 Å². The molecule has 0 amide bonds. The van der Waals surface area contributed by atoms with Crippen LogP contribution in [-0.2, 0) is 47.3 Å². The number of aromatic amines is 2. The number of aromatic nitrogens is 4. The fourth-order valence-corrected chi connectivity index (χ4v) is 13.1. The number of H-pyrrole nitrogens is 2. The third-order valence-corrected chi connectivity index (χ3v) is 19.9. The summed E-state index contributed by atoms with van der Waals surface area (Å²) in [7, 11) is -4.82. The maximum Gasteiger partial charge on any atom is 0.292 e. The van der Waals surface area contributed by atoms with Gasteiger partial charge >= 0.3 is 0 Å². The van der Waals surface area contributed by atoms with Gasteiger partial charge in [0, 0.05) is 108 Å². The molecule has 7 aromatic rings. The van der Waals surface area contributed by atoms with Crippen molar-refractivity contribution in [2.75, 3.05) is 42.3 Å². The van der Waals surface area contributed by atoms with Gasteiger partial charge in [0.25, 0.3) is 17.1 Å². The van der Waals surface area contributed by atoms with Gasteiger partial charge in [-0.2, -0.15) is 0 Å². The van der Waals surface area contributed by atoms with Crippen molar-refractivity contribution in [2.24, 2.45) is 0 Å². The number of hydrogen-bond acceptors (Lipinski definition) is 14. The highest BCUT2D eigenvalue weighted by Gasteiger charge is 2.32. The quantitative estimate of drug-likeness (QED) is 0.0671. The van der Waals surface area contributed by atoms with Crippen LogP contribution in [0.1, 0.15) is 39.5 Å². The van der Waals surface area contributed by atoms with Crippen molar-refractivity contribution in [1.29, 1.82) is 0 Å². The van der Waals surface area contributed by atoms with Crippen LogP contribution in [0.3, 0.4) is 0 Å². The van der Waals surface area contributed by atoms with Gasteiger partial charge in [0.2, 0.25) is 30.1 Å². The summed E-state index contributed by atoms with van der Waals surface area (Å²) in [6.07, 6.45) is 6.53. The first-order valence-corrected chi connectivity index (χ1v) is 30.3. The molecule has 0 atom stereocenters. The Labute approximate surface area is 488 Å². The molecule has 22 nitrogen and oxygen atoms in total. The SMILES string of the molecule is CN(C)S(=O)(=O)Cc1cc(-c2c3nc(c(-c4cc(Cl)c([N+](=O)[O-])c(CS(=O)(=O)N(C)C)c4)c4ccc([nH]4)c(-c4cc(Cl)c([N+](=O)[O-])c(CS(=O)(=O)N(C)C)c4)c4nc(c(-c5cccc(Cl)c5)c5ccc2[nH]5)C=C4)C=C3)cc(Cl)c1[N+](=O)[O-]. The Morgan fingerprint density at radius 1 is 0.427 bits per heavy atom. The number of nitro benzene ring substituents is 3. The zero-order valence-corrected chi connectivity index (χ0v) is 49.2. The molecule has 0 unspecified atom stereocenters. The van der Waals surface area contributed by atoms with Gasteiger partial charge < -0.3 is 9.97 Å². The van der Waals surface area contributed by atoms with E-state index in [0.29, 0.717) is 32.9 Å². The molecular formula is C53H44Cl4N10O12S3. The standard InChI is InChI=1S/C53H44Cl4N10O12S3/c1-62(2)80(74,75)25-32-18-29(22-36(55)51(32)65(68)69)48-41-12-10-39(58-41)47(28-8-7-9-35(54)21-28)40-11-13-42(59-40)49(30-19-33(26-81(76,77)63(3)4)52(66(70)71)37(56)23-30)44-15-17-46(61-44)50(45-16-14-43(48)60-45)31-20-34(27-82(78,79)64(5)6)53(67(72)73)38(57)24-31/h7-24,58,61H,25-27H2,1-6H3. The van der Waals surface area contributed by atoms with E-state index < -0.39 is 94.2 Å². The van der Waals surface area contributed by atoms with E-state index in [1.807, 2.05) is 0 Å². The van der Waals surface area contributed by atoms with E-state index in [-0.39, 0.29) is 78.2 Å². The van der Waals surface area contributed by atoms with Gasteiger partial charge in [0.05, 0.1) is 54.8 Å². The highest BCUT2D eigenvalue weighted by molar-refractivity contribution is 7.88. The monoisotopic (exact) mass is 1250 g/mol. The first-order valence-electron chi connectivity index (χ1n) is 24.0. The summed E-state index contributed by atoms with van der Waals surface area (Å²) < 4.78 is 83.5. The van der Waals surface area contributed by atoms with E-state index >= 15 is 0 Å². The normalized spacial score (nSPS) is 12.7. The van der Waals surface area contributed by atoms with Crippen molar-refractivity contribution in [2.45, 2.75) is 17.3 Å². The molecule has 29 heteroatoms. The van der Waals surface area contributed by atoms with Crippen LogP contribution in [0.15, 0.2) is 84.9 Å². The minimum absolute atomic E-state index is 0.114. The Kier molecular flexibility index (Phi) is 16.2. The number of benzene rings is 4. The lowest BCUT2D eigenvalue weighted by Crippen LogP contribution is -2.24. The van der Waals surface area contributed by atoms with Crippen LogP contribution in [0.2, 0.25) is 20.1 Å². The van der Waals surface area contributed by atoms with Gasteiger partial charge in [0.15, 0.2) is 0 Å². The molecule has 82 heavy (non-hydrogen) atoms. The summed E-state index contributed by atoms with van der Waals surface area (Å²) in [5.41, 5.74) is 1.46. The first kappa shape index (κ1) is 59.2. The van der Waals surface area contributed by atoms with Crippen molar-refractivity contribution in [3.63, 3.8) is 0 Å². The molecule has 0 saturated carbocycles. The summed E-state index contributed by atoms with van der Waals surface area (Å²) in [5, 5.41) is 37.0. The number of fused-ring (bicyclic) bond motifs is 8. The number of hydrogen-bond donors (Lipinski definition) is 2. The molecular weight excluding hydrogens is 1210 g/mol. The zero-order valence-electron chi connectivity index (χ0n) is 43.7. The number of halogens is 4. The second kappa shape index (κ2) is 22.4. The smallest absolute Gasteiger partial charge is 0.292 e. The van der Waals surface area contributed by atoms with E-state index in [0.717, 1.165) is 12.9 Å². The van der Waals surface area contributed by atoms with Crippen LogP contribution < -0.4 is 0 Å². The summed E-state index contributed by atoms with van der Waals surface area (Å²) in [6, 6.07) is 21.4. The number of sulfonamides is 3. The predicted molar refractivity (Wildman–Crippen MR) is 320 cm³/mol. The zero-order chi connectivity index (χ0) is 59.7. The van der Waals surface area contributed by atoms with Crippen molar-refractivity contribution < 1.29 is 40.0 Å². The molecule has 0 radical (unpaired) electrons. The number of nitrogens with one attached hydrogen (secondary N) is 2. The van der Waals surface area contributed by atoms with Crippen LogP contribution >= 0.6 is 46.4 Å². The molecule has 2 aliphatic heterocycles. The van der Waals surface area contributed by atoms with E-state index in [9.17, 15) is 55.6 Å². The number of rotatable bonds is 16. The molecule has 5 heterocycles. The van der Waals surface area contributed by atoms with Gasteiger partial charge in [0.1, 0.15) is 15.1 Å². The fraction of sp³-hybridized carbons (Fsp3) is 0.170. The van der Waals surface area contributed by atoms with Crippen molar-refractivity contribution in [3.8, 4) is 44.5 Å². The Bertz CT molecular complexity index is 4420. The largest absolute Gasteiger partial charge is 0.354 e. The van der Waals surface area contributed by atoms with Crippen LogP contribution in [0, 0.1) is 30.3 Å². The lowest BCUT2D eigenvalue weighted by atomic mass is 10.0. The molecule has 424 valence electrons. The molecule has 0 fully saturated rings. The first-order chi connectivity index (χ1) is 38.5. The molecule has 0 spiro atoms. The topological polar surface area (TPSA) is 299 Å². The summed E-state index contributed by atoms with van der Waals surface area (Å²) >= 11 is 26.9. The van der Waals surface area contributed by atoms with Gasteiger partial charge in [-0.05, 0) is 119 Å². The van der Waals surface area contributed by atoms with Gasteiger partial charge in [-0.15, -0.1) is 0 Å². The van der Waals surface area contributed by atoms with Crippen LogP contribution in [0.4, 0.5) is 17.1 Å². The molecule has 9 rings (SSSR count). The highest BCUT2D eigenvalue weighted by atomic mass is 35.5. The van der Waals surface area contributed by atoms with Crippen LogP contribution in [0.5, 0.6) is 0 Å². The molecule has 4 aromatic carbocycles. The average Bonchev–Trinajstić information content (AvgIpc) is 3.18. The third-order valence-electron chi connectivity index (χ3n) is 13.4. The van der Waals surface area contributed by atoms with Crippen LogP contribution in [-0.4, -0.2) is 115 Å². The Morgan fingerprint density at radius 3 is 0.963 bits per heavy atom. The van der Waals surface area contributed by atoms with Gasteiger partial charge in [-0.3, -0.25) is 30.3 Å². The molecule has 0 saturated heterocycles. The maximum atomic E-state index is 13.5. The lowest BCUT2D eigenvalue weighted by Gasteiger charge is -2.14. The molecule has 0 aliphatic carbocycles. The fourth-order valence-electron chi connectivity index (χ4n) is 9.39. The van der Waals surface area contributed by atoms with Crippen molar-refractivity contribution in [1.82, 2.24) is 32.9 Å². The molecule has 3 aromatic heterocycles. The van der Waals surface area contributed by atoms with Gasteiger partial charge in [-0.1, -0.05) is 58.5 Å². The minimum Gasteiger partial charge on any atom is -0.354 e. The minimum atomic E-state index is -4.18. The molecule has 2 aliphatic rings. The Balaban J connectivity index is 1.50. The number of nitrogens with zero attached hydrogens (tertiary/aromatic N) is 8. The maximum absolute atomic E-state index is 13.5. The van der Waals surface area contributed by atoms with Gasteiger partial charge in [-0.25, -0.2) is 48.1 Å². The average molecular weight is 1250 g/mol. The summed E-state index contributed by atoms with van der Waals surface area (Å²) in [5.74, 6) is -2.52. The summed E-state index contributed by atoms with van der Waals surface area (Å²) in [4.78, 5) is 52.6. The Hall–Kier alpha value is -7.43. The predicted octanol–water partition coefficient (Wildman–Crippen LogP) is 11.8. The highest BCUT2D eigenvalue weighted by Crippen LogP contribution is 2.45.